The summed E-state index contributed by atoms with van der Waals surface area (Å²) in [6.45, 7) is 3.21. The Morgan fingerprint density at radius 1 is 1.33 bits per heavy atom. The Balaban J connectivity index is 2.90. The van der Waals surface area contributed by atoms with Crippen LogP contribution >= 0.6 is 0 Å². The van der Waals surface area contributed by atoms with Crippen LogP contribution in [0.4, 0.5) is 0 Å². The van der Waals surface area contributed by atoms with Crippen LogP contribution in [0.25, 0.3) is 0 Å². The number of nitrogens with zero attached hydrogens (tertiary/aromatic N) is 2. The lowest BCUT2D eigenvalue weighted by molar-refractivity contribution is 0.376. The monoisotopic (exact) mass is 294 g/mol. The van der Waals surface area contributed by atoms with E-state index in [9.17, 15) is 16.8 Å². The molecular formula is C10H18N2O4S2. The van der Waals surface area contributed by atoms with Crippen molar-refractivity contribution in [1.82, 2.24) is 4.31 Å². The molecule has 0 unspecified atom stereocenters. The topological polar surface area (TPSA) is 95.3 Å². The quantitative estimate of drug-likeness (QED) is 0.687. The Bertz CT molecular complexity index is 517. The first-order valence-corrected chi connectivity index (χ1v) is 9.11. The van der Waals surface area contributed by atoms with Gasteiger partial charge >= 0.3 is 0 Å². The molecule has 0 saturated carbocycles. The molecule has 1 rings (SSSR count). The van der Waals surface area contributed by atoms with Crippen LogP contribution in [0, 0.1) is 11.3 Å². The van der Waals surface area contributed by atoms with Gasteiger partial charge in [0.05, 0.1) is 22.8 Å². The van der Waals surface area contributed by atoms with Crippen LogP contribution in [0.3, 0.4) is 0 Å². The van der Waals surface area contributed by atoms with Gasteiger partial charge in [-0.25, -0.2) is 16.8 Å². The summed E-state index contributed by atoms with van der Waals surface area (Å²) in [6.07, 6.45) is 0.249. The van der Waals surface area contributed by atoms with E-state index >= 15 is 0 Å². The molecule has 0 amide bonds. The molecule has 0 bridgehead atoms. The van der Waals surface area contributed by atoms with Gasteiger partial charge in [0, 0.05) is 6.04 Å². The van der Waals surface area contributed by atoms with E-state index in [0.717, 1.165) is 4.31 Å². The molecule has 6 nitrogen and oxygen atoms in total. The largest absolute Gasteiger partial charge is 0.229 e. The average molecular weight is 294 g/mol. The molecule has 1 heterocycles. The number of sulfone groups is 1. The fourth-order valence-electron chi connectivity index (χ4n) is 1.99. The van der Waals surface area contributed by atoms with Crippen LogP contribution in [-0.2, 0) is 19.9 Å². The molecule has 0 aliphatic carbocycles. The molecule has 1 fully saturated rings. The summed E-state index contributed by atoms with van der Waals surface area (Å²) in [4.78, 5) is 0. The van der Waals surface area contributed by atoms with Crippen LogP contribution in [0.5, 0.6) is 0 Å². The second-order valence-electron chi connectivity index (χ2n) is 4.69. The van der Waals surface area contributed by atoms with Crippen LogP contribution in [-0.4, -0.2) is 50.5 Å². The summed E-state index contributed by atoms with van der Waals surface area (Å²) >= 11 is 0. The summed E-state index contributed by atoms with van der Waals surface area (Å²) in [5.74, 6) is -0.176. The van der Waals surface area contributed by atoms with Crippen LogP contribution in [0.2, 0.25) is 0 Å². The first-order chi connectivity index (χ1) is 8.20. The summed E-state index contributed by atoms with van der Waals surface area (Å²) in [7, 11) is -6.67. The van der Waals surface area contributed by atoms with Crippen molar-refractivity contribution in [1.29, 1.82) is 5.26 Å². The number of rotatable bonds is 4. The van der Waals surface area contributed by atoms with E-state index in [1.54, 1.807) is 13.8 Å². The van der Waals surface area contributed by atoms with E-state index in [2.05, 4.69) is 0 Å². The lowest BCUT2D eigenvalue weighted by atomic mass is 10.2. The highest BCUT2D eigenvalue weighted by Gasteiger charge is 2.37. The average Bonchev–Trinajstić information content (AvgIpc) is 2.24. The first kappa shape index (κ1) is 15.4. The Labute approximate surface area is 109 Å². The molecule has 1 aliphatic rings. The highest BCUT2D eigenvalue weighted by molar-refractivity contribution is 7.92. The van der Waals surface area contributed by atoms with E-state index in [0.29, 0.717) is 0 Å². The summed E-state index contributed by atoms with van der Waals surface area (Å²) < 4.78 is 48.3. The highest BCUT2D eigenvalue weighted by atomic mass is 32.2. The van der Waals surface area contributed by atoms with E-state index in [4.69, 9.17) is 5.26 Å². The third kappa shape index (κ3) is 3.43. The zero-order valence-corrected chi connectivity index (χ0v) is 12.2. The van der Waals surface area contributed by atoms with Crippen molar-refractivity contribution in [3.63, 3.8) is 0 Å². The first-order valence-electron chi connectivity index (χ1n) is 5.79. The highest BCUT2D eigenvalue weighted by Crippen LogP contribution is 2.23. The zero-order valence-electron chi connectivity index (χ0n) is 10.5. The number of hydrogen-bond acceptors (Lipinski definition) is 5. The van der Waals surface area contributed by atoms with Crippen LogP contribution < -0.4 is 0 Å². The molecular weight excluding hydrogens is 276 g/mol. The summed E-state index contributed by atoms with van der Waals surface area (Å²) in [6, 6.07) is 1.54. The molecule has 0 aromatic rings. The van der Waals surface area contributed by atoms with Crippen LogP contribution in [0.1, 0.15) is 26.7 Å². The van der Waals surface area contributed by atoms with E-state index in [1.807, 2.05) is 6.07 Å². The van der Waals surface area contributed by atoms with Gasteiger partial charge in [-0.1, -0.05) is 0 Å². The Kier molecular flexibility index (Phi) is 4.75. The number of nitriles is 1. The minimum absolute atomic E-state index is 0.0879. The van der Waals surface area contributed by atoms with Crippen molar-refractivity contribution in [3.8, 4) is 6.07 Å². The normalized spacial score (nSPS) is 21.1. The molecule has 8 heteroatoms. The lowest BCUT2D eigenvalue weighted by Gasteiger charge is -2.30. The molecule has 0 aromatic carbocycles. The molecule has 1 aliphatic heterocycles. The predicted molar refractivity (Wildman–Crippen MR) is 68.1 cm³/mol. The van der Waals surface area contributed by atoms with Gasteiger partial charge in [0.25, 0.3) is 0 Å². The minimum atomic E-state index is -3.59. The second kappa shape index (κ2) is 5.55. The van der Waals surface area contributed by atoms with Gasteiger partial charge in [0.2, 0.25) is 10.0 Å². The van der Waals surface area contributed by atoms with Crippen molar-refractivity contribution in [2.24, 2.45) is 0 Å². The third-order valence-corrected chi connectivity index (χ3v) is 7.29. The van der Waals surface area contributed by atoms with Crippen molar-refractivity contribution in [2.45, 2.75) is 38.0 Å². The van der Waals surface area contributed by atoms with E-state index in [1.165, 1.54) is 0 Å². The van der Waals surface area contributed by atoms with Crippen molar-refractivity contribution >= 4 is 19.9 Å². The molecule has 0 radical (unpaired) electrons. The van der Waals surface area contributed by atoms with Crippen molar-refractivity contribution < 1.29 is 16.8 Å². The van der Waals surface area contributed by atoms with Gasteiger partial charge in [0.1, 0.15) is 16.4 Å². The smallest absolute Gasteiger partial charge is 0.218 e. The summed E-state index contributed by atoms with van der Waals surface area (Å²) in [5.41, 5.74) is 0. The molecule has 0 spiro atoms. The fourth-order valence-corrected chi connectivity index (χ4v) is 5.82. The maximum absolute atomic E-state index is 12.3. The molecule has 1 saturated heterocycles. The molecule has 104 valence electrons. The second-order valence-corrected chi connectivity index (χ2v) is 9.16. The lowest BCUT2D eigenvalue weighted by Crippen LogP contribution is -2.45. The van der Waals surface area contributed by atoms with E-state index in [-0.39, 0.29) is 36.9 Å². The maximum atomic E-state index is 12.3. The third-order valence-electron chi connectivity index (χ3n) is 3.05. The fraction of sp³-hybridized carbons (Fsp3) is 0.900. The Morgan fingerprint density at radius 2 is 1.83 bits per heavy atom. The van der Waals surface area contributed by atoms with Gasteiger partial charge in [-0.3, -0.25) is 0 Å². The minimum Gasteiger partial charge on any atom is -0.229 e. The molecule has 0 N–H and O–H groups in total. The molecule has 0 atom stereocenters. The Morgan fingerprint density at radius 3 is 2.22 bits per heavy atom. The van der Waals surface area contributed by atoms with Gasteiger partial charge in [-0.05, 0) is 26.7 Å². The van der Waals surface area contributed by atoms with E-state index < -0.39 is 25.1 Å². The predicted octanol–water partition coefficient (Wildman–Crippen LogP) is 0.127. The van der Waals surface area contributed by atoms with Crippen molar-refractivity contribution in [2.75, 3.05) is 18.1 Å². The van der Waals surface area contributed by atoms with Crippen molar-refractivity contribution in [3.05, 3.63) is 0 Å². The maximum Gasteiger partial charge on any atom is 0.218 e. The van der Waals surface area contributed by atoms with Gasteiger partial charge in [-0.2, -0.15) is 9.57 Å². The standard InChI is InChI=1S/C10H18N2O4S2/c1-9(2)12(6-5-11)18(15,16)10-3-7-17(13,14)8-4-10/h9-10H,3-4,6-8H2,1-2H3. The number of hydrogen-bond donors (Lipinski definition) is 0. The SMILES string of the molecule is CC(C)N(CC#N)S(=O)(=O)C1CCS(=O)(=O)CC1. The van der Waals surface area contributed by atoms with Gasteiger partial charge < -0.3 is 0 Å². The Hall–Kier alpha value is -0.650. The van der Waals surface area contributed by atoms with Gasteiger partial charge in [0.15, 0.2) is 0 Å². The molecule has 0 aromatic heterocycles. The number of sulfonamides is 1. The molecule has 18 heavy (non-hydrogen) atoms. The van der Waals surface area contributed by atoms with Gasteiger partial charge in [-0.15, -0.1) is 0 Å². The zero-order chi connectivity index (χ0) is 14.0. The summed E-state index contributed by atoms with van der Waals surface area (Å²) in [5, 5.41) is 7.99. The van der Waals surface area contributed by atoms with Crippen LogP contribution in [0.15, 0.2) is 0 Å².